The molecule has 0 spiro atoms. The van der Waals surface area contributed by atoms with Crippen molar-refractivity contribution in [2.24, 2.45) is 5.14 Å². The zero-order valence-electron chi connectivity index (χ0n) is 4.35. The van der Waals surface area contributed by atoms with E-state index in [0.717, 1.165) is 16.6 Å². The molecule has 0 atom stereocenters. The second-order valence-corrected chi connectivity index (χ2v) is 2.79. The van der Waals surface area contributed by atoms with Gasteiger partial charge in [0.1, 0.15) is 0 Å². The molecule has 0 rings (SSSR count). The monoisotopic (exact) mass is 184 g/mol. The van der Waals surface area contributed by atoms with Crippen LogP contribution in [0.25, 0.3) is 0 Å². The molecular formula is C2H5N2O2PS2. The number of carbonyl (C=O) groups is 1. The summed E-state index contributed by atoms with van der Waals surface area (Å²) in [4.78, 5) is 10.1. The van der Waals surface area contributed by atoms with Crippen LogP contribution in [0.5, 0.6) is 0 Å². The summed E-state index contributed by atoms with van der Waals surface area (Å²) in [6.45, 7) is 0. The number of carboxylic acid groups (broad SMARTS) is 1. The number of amides is 1. The molecule has 0 aromatic carbocycles. The quantitative estimate of drug-likeness (QED) is 0.386. The van der Waals surface area contributed by atoms with Gasteiger partial charge in [-0.25, -0.2) is 9.46 Å². The van der Waals surface area contributed by atoms with Gasteiger partial charge in [0.2, 0.25) is 0 Å². The van der Waals surface area contributed by atoms with E-state index >= 15 is 0 Å². The Labute approximate surface area is 63.4 Å². The average molecular weight is 184 g/mol. The largest absolute Gasteiger partial charge is 0.464 e. The van der Waals surface area contributed by atoms with Crippen molar-refractivity contribution < 1.29 is 9.90 Å². The summed E-state index contributed by atoms with van der Waals surface area (Å²) in [7, 11) is 0.286. The molecule has 52 valence electrons. The lowest BCUT2D eigenvalue weighted by Gasteiger charge is -2.07. The van der Waals surface area contributed by atoms with Gasteiger partial charge in [-0.2, -0.15) is 0 Å². The summed E-state index contributed by atoms with van der Waals surface area (Å²) in [6.07, 6.45) is -1.04. The fourth-order valence-corrected chi connectivity index (χ4v) is 1.53. The third-order valence-corrected chi connectivity index (χ3v) is 2.22. The molecule has 9 heavy (non-hydrogen) atoms. The highest BCUT2D eigenvalue weighted by Gasteiger charge is 2.06. The normalized spacial score (nSPS) is 9.44. The van der Waals surface area contributed by atoms with Crippen LogP contribution in [0.15, 0.2) is 0 Å². The number of nitrogens with zero attached hydrogens (tertiary/aromatic N) is 1. The molecule has 0 bridgehead atoms. The lowest BCUT2D eigenvalue weighted by atomic mass is 11.1. The SMILES string of the molecule is NSCN(P=S)C(=O)O. The van der Waals surface area contributed by atoms with Gasteiger partial charge in [-0.05, 0) is 11.8 Å². The van der Waals surface area contributed by atoms with Crippen molar-refractivity contribution in [3.8, 4) is 0 Å². The molecule has 0 aromatic heterocycles. The Morgan fingerprint density at radius 3 is 2.67 bits per heavy atom. The lowest BCUT2D eigenvalue weighted by molar-refractivity contribution is 0.179. The van der Waals surface area contributed by atoms with E-state index < -0.39 is 6.09 Å². The molecule has 0 aliphatic rings. The summed E-state index contributed by atoms with van der Waals surface area (Å²) in [6, 6.07) is 0. The molecule has 1 amide bonds. The number of nitrogens with two attached hydrogens (primary N) is 1. The van der Waals surface area contributed by atoms with Crippen LogP contribution in [-0.4, -0.2) is 21.7 Å². The van der Waals surface area contributed by atoms with Gasteiger partial charge in [0.15, 0.2) is 0 Å². The highest BCUT2D eigenvalue weighted by atomic mass is 32.4. The Morgan fingerprint density at radius 1 is 2.00 bits per heavy atom. The fourth-order valence-electron chi connectivity index (χ4n) is 0.184. The van der Waals surface area contributed by atoms with Crippen LogP contribution in [0.2, 0.25) is 0 Å². The summed E-state index contributed by atoms with van der Waals surface area (Å²) in [5, 5.41) is 13.3. The molecule has 0 unspecified atom stereocenters. The van der Waals surface area contributed by atoms with Crippen molar-refractivity contribution in [1.29, 1.82) is 0 Å². The minimum atomic E-state index is -1.04. The molecule has 7 heteroatoms. The Kier molecular flexibility index (Phi) is 4.99. The van der Waals surface area contributed by atoms with Crippen LogP contribution in [0.1, 0.15) is 0 Å². The van der Waals surface area contributed by atoms with Crippen LogP contribution >= 0.6 is 19.5 Å². The first-order chi connectivity index (χ1) is 4.22. The maximum Gasteiger partial charge on any atom is 0.416 e. The summed E-state index contributed by atoms with van der Waals surface area (Å²) in [5.41, 5.74) is 0. The van der Waals surface area contributed by atoms with E-state index in [2.05, 4.69) is 11.8 Å². The third kappa shape index (κ3) is 3.64. The second-order valence-electron chi connectivity index (χ2n) is 1.06. The van der Waals surface area contributed by atoms with Gasteiger partial charge in [-0.1, -0.05) is 11.9 Å². The van der Waals surface area contributed by atoms with Gasteiger partial charge in [0, 0.05) is 0 Å². The van der Waals surface area contributed by atoms with Crippen molar-refractivity contribution in [2.45, 2.75) is 0 Å². The van der Waals surface area contributed by atoms with Gasteiger partial charge >= 0.3 is 6.09 Å². The van der Waals surface area contributed by atoms with Gasteiger partial charge in [-0.15, -0.1) is 0 Å². The Hall–Kier alpha value is 0.100. The first kappa shape index (κ1) is 9.10. The molecule has 0 aliphatic carbocycles. The summed E-state index contributed by atoms with van der Waals surface area (Å²) in [5.74, 6) is 0.223. The van der Waals surface area contributed by atoms with Gasteiger partial charge in [-0.3, -0.25) is 5.14 Å². The number of hydrogen-bond donors (Lipinski definition) is 2. The highest BCUT2D eigenvalue weighted by molar-refractivity contribution is 7.98. The van der Waals surface area contributed by atoms with Crippen molar-refractivity contribution >= 4 is 37.4 Å². The van der Waals surface area contributed by atoms with E-state index in [9.17, 15) is 4.79 Å². The topological polar surface area (TPSA) is 66.6 Å². The van der Waals surface area contributed by atoms with Crippen LogP contribution in [-0.2, 0) is 11.8 Å². The Balaban J connectivity index is 3.68. The summed E-state index contributed by atoms with van der Waals surface area (Å²) >= 11 is 5.40. The average Bonchev–Trinajstić information content (AvgIpc) is 1.82. The molecular weight excluding hydrogens is 179 g/mol. The molecule has 0 heterocycles. The smallest absolute Gasteiger partial charge is 0.416 e. The first-order valence-corrected chi connectivity index (χ1v) is 4.78. The van der Waals surface area contributed by atoms with E-state index in [-0.39, 0.29) is 13.4 Å². The van der Waals surface area contributed by atoms with E-state index in [0.29, 0.717) is 0 Å². The molecule has 0 saturated heterocycles. The van der Waals surface area contributed by atoms with Gasteiger partial charge in [0.05, 0.1) is 13.4 Å². The fraction of sp³-hybridized carbons (Fsp3) is 0.500. The van der Waals surface area contributed by atoms with Crippen molar-refractivity contribution in [1.82, 2.24) is 4.67 Å². The maximum atomic E-state index is 10.1. The van der Waals surface area contributed by atoms with Crippen molar-refractivity contribution in [2.75, 3.05) is 5.88 Å². The lowest BCUT2D eigenvalue weighted by Crippen LogP contribution is -2.19. The van der Waals surface area contributed by atoms with Crippen molar-refractivity contribution in [3.05, 3.63) is 0 Å². The molecule has 4 nitrogen and oxygen atoms in total. The predicted octanol–water partition coefficient (Wildman–Crippen LogP) is 0.854. The molecule has 0 fully saturated rings. The first-order valence-electron chi connectivity index (χ1n) is 1.87. The molecule has 3 N–H and O–H groups in total. The van der Waals surface area contributed by atoms with Crippen molar-refractivity contribution in [3.63, 3.8) is 0 Å². The minimum Gasteiger partial charge on any atom is -0.464 e. The van der Waals surface area contributed by atoms with Gasteiger partial charge in [0.25, 0.3) is 0 Å². The Morgan fingerprint density at radius 2 is 2.56 bits per heavy atom. The van der Waals surface area contributed by atoms with E-state index in [1.54, 1.807) is 0 Å². The predicted molar refractivity (Wildman–Crippen MR) is 40.8 cm³/mol. The van der Waals surface area contributed by atoms with E-state index in [1.165, 1.54) is 0 Å². The molecule has 0 saturated carbocycles. The molecule has 0 aromatic rings. The highest BCUT2D eigenvalue weighted by Crippen LogP contribution is 2.07. The van der Waals surface area contributed by atoms with Crippen LogP contribution in [0.3, 0.4) is 0 Å². The molecule has 0 radical (unpaired) electrons. The van der Waals surface area contributed by atoms with E-state index in [4.69, 9.17) is 10.2 Å². The van der Waals surface area contributed by atoms with Crippen LogP contribution in [0.4, 0.5) is 4.79 Å². The summed E-state index contributed by atoms with van der Waals surface area (Å²) < 4.78 is 1.01. The number of rotatable bonds is 3. The van der Waals surface area contributed by atoms with Crippen LogP contribution < -0.4 is 5.14 Å². The zero-order valence-corrected chi connectivity index (χ0v) is 6.88. The molecule has 0 aliphatic heterocycles. The maximum absolute atomic E-state index is 10.1. The van der Waals surface area contributed by atoms with Crippen LogP contribution in [0, 0.1) is 0 Å². The Bertz CT molecular complexity index is 121. The zero-order chi connectivity index (χ0) is 7.28. The standard InChI is InChI=1S/C2H5N2O2PS2/c3-9-1-4(7-8)2(5)6/h1,3H2,(H,5,6). The minimum absolute atomic E-state index is 0.223. The second kappa shape index (κ2) is 4.93. The number of hydrogen-bond acceptors (Lipinski definition) is 4. The third-order valence-electron chi connectivity index (χ3n) is 0.516. The van der Waals surface area contributed by atoms with E-state index in [1.807, 2.05) is 0 Å². The van der Waals surface area contributed by atoms with Gasteiger partial charge < -0.3 is 5.11 Å².